The molecule has 0 atom stereocenters. The van der Waals surface area contributed by atoms with Crippen LogP contribution >= 0.6 is 34.5 Å². The standard InChI is InChI=1S/C20H14Cl2N2OS/c1-12-17-19(26-18(12)14-5-3-2-4-6-14)23-11-24(20(17)25)10-13-7-8-15(21)16(22)9-13/h2-9,11H,10H2,1H3. The Kier molecular flexibility index (Phi) is 4.57. The molecule has 0 saturated carbocycles. The lowest BCUT2D eigenvalue weighted by molar-refractivity contribution is 0.749. The van der Waals surface area contributed by atoms with Gasteiger partial charge in [-0.1, -0.05) is 59.6 Å². The Labute approximate surface area is 164 Å². The third-order valence-electron chi connectivity index (χ3n) is 4.29. The number of aryl methyl sites for hydroxylation is 1. The molecule has 130 valence electrons. The molecule has 0 amide bonds. The summed E-state index contributed by atoms with van der Waals surface area (Å²) in [6.45, 7) is 2.38. The minimum absolute atomic E-state index is 0.0444. The largest absolute Gasteiger partial charge is 0.294 e. The van der Waals surface area contributed by atoms with E-state index in [2.05, 4.69) is 4.98 Å². The molecule has 0 aliphatic rings. The maximum Gasteiger partial charge on any atom is 0.262 e. The second-order valence-corrected chi connectivity index (χ2v) is 7.84. The summed E-state index contributed by atoms with van der Waals surface area (Å²) in [6, 6.07) is 15.4. The van der Waals surface area contributed by atoms with Gasteiger partial charge in [0.15, 0.2) is 0 Å². The molecule has 0 saturated heterocycles. The molecular formula is C20H14Cl2N2OS. The number of rotatable bonds is 3. The highest BCUT2D eigenvalue weighted by molar-refractivity contribution is 7.22. The maximum absolute atomic E-state index is 13.0. The zero-order chi connectivity index (χ0) is 18.3. The van der Waals surface area contributed by atoms with Gasteiger partial charge in [0.25, 0.3) is 5.56 Å². The summed E-state index contributed by atoms with van der Waals surface area (Å²) in [5.41, 5.74) is 2.93. The van der Waals surface area contributed by atoms with Crippen LogP contribution in [0.3, 0.4) is 0 Å². The summed E-state index contributed by atoms with van der Waals surface area (Å²) in [5, 5.41) is 1.65. The molecule has 2 aromatic heterocycles. The van der Waals surface area contributed by atoms with Crippen molar-refractivity contribution in [1.29, 1.82) is 0 Å². The second-order valence-electron chi connectivity index (χ2n) is 6.03. The van der Waals surface area contributed by atoms with E-state index in [-0.39, 0.29) is 5.56 Å². The van der Waals surface area contributed by atoms with E-state index in [9.17, 15) is 4.79 Å². The Morgan fingerprint density at radius 1 is 1.08 bits per heavy atom. The van der Waals surface area contributed by atoms with Crippen LogP contribution in [0.25, 0.3) is 20.7 Å². The lowest BCUT2D eigenvalue weighted by Gasteiger charge is -2.07. The molecule has 4 rings (SSSR count). The SMILES string of the molecule is Cc1c(-c2ccccc2)sc2ncn(Cc3ccc(Cl)c(Cl)c3)c(=O)c12. The highest BCUT2D eigenvalue weighted by atomic mass is 35.5. The maximum atomic E-state index is 13.0. The second kappa shape index (κ2) is 6.88. The minimum Gasteiger partial charge on any atom is -0.294 e. The Morgan fingerprint density at radius 3 is 2.58 bits per heavy atom. The lowest BCUT2D eigenvalue weighted by atomic mass is 10.1. The van der Waals surface area contributed by atoms with Gasteiger partial charge in [0.2, 0.25) is 0 Å². The summed E-state index contributed by atoms with van der Waals surface area (Å²) in [6.07, 6.45) is 1.60. The van der Waals surface area contributed by atoms with Crippen molar-refractivity contribution in [3.8, 4) is 10.4 Å². The molecule has 0 fully saturated rings. The topological polar surface area (TPSA) is 34.9 Å². The normalized spacial score (nSPS) is 11.2. The number of fused-ring (bicyclic) bond motifs is 1. The number of halogens is 2. The van der Waals surface area contributed by atoms with Gasteiger partial charge in [0.1, 0.15) is 4.83 Å². The number of thiophene rings is 1. The molecule has 26 heavy (non-hydrogen) atoms. The monoisotopic (exact) mass is 400 g/mol. The van der Waals surface area contributed by atoms with E-state index >= 15 is 0 Å². The van der Waals surface area contributed by atoms with Gasteiger partial charge in [-0.25, -0.2) is 4.98 Å². The van der Waals surface area contributed by atoms with Crippen molar-refractivity contribution in [2.45, 2.75) is 13.5 Å². The van der Waals surface area contributed by atoms with Gasteiger partial charge in [-0.3, -0.25) is 9.36 Å². The molecule has 0 unspecified atom stereocenters. The van der Waals surface area contributed by atoms with Gasteiger partial charge >= 0.3 is 0 Å². The van der Waals surface area contributed by atoms with Crippen LogP contribution in [-0.2, 0) is 6.54 Å². The first-order valence-corrected chi connectivity index (χ1v) is 9.59. The molecule has 0 N–H and O–H groups in total. The van der Waals surface area contributed by atoms with E-state index < -0.39 is 0 Å². The van der Waals surface area contributed by atoms with Gasteiger partial charge < -0.3 is 0 Å². The zero-order valence-electron chi connectivity index (χ0n) is 13.9. The van der Waals surface area contributed by atoms with Crippen molar-refractivity contribution in [1.82, 2.24) is 9.55 Å². The number of aromatic nitrogens is 2. The number of nitrogens with zero attached hydrogens (tertiary/aromatic N) is 2. The molecule has 0 bridgehead atoms. The molecule has 0 aliphatic carbocycles. The van der Waals surface area contributed by atoms with E-state index in [1.54, 1.807) is 34.4 Å². The van der Waals surface area contributed by atoms with Crippen molar-refractivity contribution < 1.29 is 0 Å². The summed E-state index contributed by atoms with van der Waals surface area (Å²) in [5.74, 6) is 0. The zero-order valence-corrected chi connectivity index (χ0v) is 16.2. The van der Waals surface area contributed by atoms with Gasteiger partial charge in [0, 0.05) is 4.88 Å². The van der Waals surface area contributed by atoms with Gasteiger partial charge in [-0.05, 0) is 35.7 Å². The summed E-state index contributed by atoms with van der Waals surface area (Å²) < 4.78 is 1.61. The molecule has 0 radical (unpaired) electrons. The summed E-state index contributed by atoms with van der Waals surface area (Å²) >= 11 is 13.6. The molecule has 4 aromatic rings. The highest BCUT2D eigenvalue weighted by Crippen LogP contribution is 2.35. The van der Waals surface area contributed by atoms with E-state index in [0.717, 1.165) is 26.4 Å². The van der Waals surface area contributed by atoms with Crippen molar-refractivity contribution >= 4 is 44.8 Å². The van der Waals surface area contributed by atoms with Crippen LogP contribution in [0.4, 0.5) is 0 Å². The Hall–Kier alpha value is -2.14. The van der Waals surface area contributed by atoms with Crippen LogP contribution in [0.15, 0.2) is 59.7 Å². The van der Waals surface area contributed by atoms with E-state index in [0.29, 0.717) is 22.0 Å². The van der Waals surface area contributed by atoms with Crippen molar-refractivity contribution in [2.75, 3.05) is 0 Å². The molecule has 0 spiro atoms. The van der Waals surface area contributed by atoms with Crippen LogP contribution in [0, 0.1) is 6.92 Å². The fourth-order valence-electron chi connectivity index (χ4n) is 2.97. The minimum atomic E-state index is -0.0444. The van der Waals surface area contributed by atoms with Crippen molar-refractivity contribution in [2.24, 2.45) is 0 Å². The number of hydrogen-bond acceptors (Lipinski definition) is 3. The third-order valence-corrected chi connectivity index (χ3v) is 6.28. The van der Waals surface area contributed by atoms with E-state index in [4.69, 9.17) is 23.2 Å². The number of benzene rings is 2. The van der Waals surface area contributed by atoms with E-state index in [1.165, 1.54) is 0 Å². The predicted molar refractivity (Wildman–Crippen MR) is 110 cm³/mol. The Morgan fingerprint density at radius 2 is 1.85 bits per heavy atom. The molecule has 3 nitrogen and oxygen atoms in total. The van der Waals surface area contributed by atoms with Crippen LogP contribution in [0.1, 0.15) is 11.1 Å². The van der Waals surface area contributed by atoms with Gasteiger partial charge in [0.05, 0.1) is 28.3 Å². The first-order valence-electron chi connectivity index (χ1n) is 8.02. The van der Waals surface area contributed by atoms with Crippen LogP contribution in [0.2, 0.25) is 10.0 Å². The fourth-order valence-corrected chi connectivity index (χ4v) is 4.44. The van der Waals surface area contributed by atoms with Crippen LogP contribution in [0.5, 0.6) is 0 Å². The van der Waals surface area contributed by atoms with Crippen molar-refractivity contribution in [3.63, 3.8) is 0 Å². The van der Waals surface area contributed by atoms with E-state index in [1.807, 2.05) is 43.3 Å². The molecule has 2 heterocycles. The first-order chi connectivity index (χ1) is 12.5. The first kappa shape index (κ1) is 17.3. The molecular weight excluding hydrogens is 387 g/mol. The fraction of sp³-hybridized carbons (Fsp3) is 0.100. The third kappa shape index (κ3) is 3.05. The Bertz CT molecular complexity index is 1170. The van der Waals surface area contributed by atoms with Crippen LogP contribution < -0.4 is 5.56 Å². The molecule has 0 aliphatic heterocycles. The van der Waals surface area contributed by atoms with Gasteiger partial charge in [-0.15, -0.1) is 11.3 Å². The van der Waals surface area contributed by atoms with Crippen LogP contribution in [-0.4, -0.2) is 9.55 Å². The number of hydrogen-bond donors (Lipinski definition) is 0. The average molecular weight is 401 g/mol. The molecule has 6 heteroatoms. The smallest absolute Gasteiger partial charge is 0.262 e. The molecule has 2 aromatic carbocycles. The predicted octanol–water partition coefficient (Wildman–Crippen LogP) is 5.79. The Balaban J connectivity index is 1.81. The van der Waals surface area contributed by atoms with Crippen molar-refractivity contribution in [3.05, 3.63) is 86.4 Å². The average Bonchev–Trinajstić information content (AvgIpc) is 2.99. The highest BCUT2D eigenvalue weighted by Gasteiger charge is 2.15. The quantitative estimate of drug-likeness (QED) is 0.436. The summed E-state index contributed by atoms with van der Waals surface area (Å²) in [4.78, 5) is 19.4. The van der Waals surface area contributed by atoms with Gasteiger partial charge in [-0.2, -0.15) is 0 Å². The summed E-state index contributed by atoms with van der Waals surface area (Å²) in [7, 11) is 0. The lowest BCUT2D eigenvalue weighted by Crippen LogP contribution is -2.21.